The molecule has 1 amide bonds. The minimum atomic E-state index is -1.19. The van der Waals surface area contributed by atoms with Gasteiger partial charge in [-0.15, -0.1) is 6.58 Å². The molecule has 2 N–H and O–H groups in total. The molecule has 1 atom stereocenters. The molecule has 0 radical (unpaired) electrons. The molecule has 0 heterocycles. The highest BCUT2D eigenvalue weighted by atomic mass is 32.2. The Labute approximate surface area is 111 Å². The number of carbonyl (C=O) groups is 3. The summed E-state index contributed by atoms with van der Waals surface area (Å²) in [6, 6.07) is -1.15. The van der Waals surface area contributed by atoms with Crippen molar-refractivity contribution in [3.63, 3.8) is 0 Å². The maximum absolute atomic E-state index is 11.5. The number of aliphatic carboxylic acids is 1. The van der Waals surface area contributed by atoms with Crippen molar-refractivity contribution in [3.8, 4) is 0 Å². The van der Waals surface area contributed by atoms with Gasteiger partial charge in [0.25, 0.3) is 0 Å². The summed E-state index contributed by atoms with van der Waals surface area (Å²) in [4.78, 5) is 33.8. The van der Waals surface area contributed by atoms with Crippen molar-refractivity contribution >= 4 is 28.8 Å². The van der Waals surface area contributed by atoms with Gasteiger partial charge in [-0.1, -0.05) is 31.7 Å². The van der Waals surface area contributed by atoms with Gasteiger partial charge in [0, 0.05) is 18.1 Å². The van der Waals surface area contributed by atoms with Gasteiger partial charge in [0.15, 0.2) is 5.12 Å². The second-order valence-corrected chi connectivity index (χ2v) is 5.66. The highest BCUT2D eigenvalue weighted by molar-refractivity contribution is 8.14. The molecule has 0 bridgehead atoms. The van der Waals surface area contributed by atoms with Crippen LogP contribution < -0.4 is 5.32 Å². The van der Waals surface area contributed by atoms with Crippen LogP contribution in [0.2, 0.25) is 0 Å². The molecule has 5 nitrogen and oxygen atoms in total. The lowest BCUT2D eigenvalue weighted by atomic mass is 10.2. The van der Waals surface area contributed by atoms with Crippen molar-refractivity contribution in [3.05, 3.63) is 12.7 Å². The van der Waals surface area contributed by atoms with E-state index in [4.69, 9.17) is 5.11 Å². The van der Waals surface area contributed by atoms with Crippen molar-refractivity contribution in [2.24, 2.45) is 0 Å². The second-order valence-electron chi connectivity index (χ2n) is 4.03. The molecule has 0 aromatic rings. The third kappa shape index (κ3) is 7.89. The van der Waals surface area contributed by atoms with Crippen LogP contribution in [0.15, 0.2) is 12.7 Å². The lowest BCUT2D eigenvalue weighted by Crippen LogP contribution is -2.41. The highest BCUT2D eigenvalue weighted by Crippen LogP contribution is 2.14. The van der Waals surface area contributed by atoms with Crippen LogP contribution >= 0.6 is 11.8 Å². The van der Waals surface area contributed by atoms with Gasteiger partial charge in [-0.2, -0.15) is 0 Å². The normalized spacial score (nSPS) is 11.9. The van der Waals surface area contributed by atoms with E-state index in [9.17, 15) is 14.4 Å². The van der Waals surface area contributed by atoms with Crippen LogP contribution in [0.1, 0.15) is 33.1 Å². The van der Waals surface area contributed by atoms with Crippen LogP contribution in [0.4, 0.5) is 0 Å². The maximum Gasteiger partial charge on any atom is 0.326 e. The average Bonchev–Trinajstić information content (AvgIpc) is 2.24. The lowest BCUT2D eigenvalue weighted by molar-refractivity contribution is -0.142. The first kappa shape index (κ1) is 16.7. The fraction of sp³-hybridized carbons (Fsp3) is 0.583. The van der Waals surface area contributed by atoms with Crippen LogP contribution in [0.5, 0.6) is 0 Å². The Morgan fingerprint density at radius 2 is 2.00 bits per heavy atom. The fourth-order valence-corrected chi connectivity index (χ4v) is 1.97. The molecule has 102 valence electrons. The van der Waals surface area contributed by atoms with Crippen LogP contribution in [0.3, 0.4) is 0 Å². The first-order valence-corrected chi connectivity index (χ1v) is 6.57. The molecule has 0 saturated carbocycles. The molecule has 0 rings (SSSR count). The number of thioether (sulfide) groups is 1. The fourth-order valence-electron chi connectivity index (χ4n) is 1.18. The molecule has 0 saturated heterocycles. The monoisotopic (exact) mass is 273 g/mol. The molecular formula is C12H19NO4S. The summed E-state index contributed by atoms with van der Waals surface area (Å²) in [6.07, 6.45) is 2.04. The van der Waals surface area contributed by atoms with Crippen molar-refractivity contribution in [2.45, 2.75) is 44.4 Å². The molecule has 18 heavy (non-hydrogen) atoms. The first-order chi connectivity index (χ1) is 8.36. The van der Waals surface area contributed by atoms with Crippen molar-refractivity contribution in [1.82, 2.24) is 5.32 Å². The summed E-state index contributed by atoms with van der Waals surface area (Å²) in [7, 11) is 0. The van der Waals surface area contributed by atoms with E-state index >= 15 is 0 Å². The maximum atomic E-state index is 11.5. The summed E-state index contributed by atoms with van der Waals surface area (Å²) in [6.45, 7) is 7.17. The Morgan fingerprint density at radius 3 is 2.44 bits per heavy atom. The van der Waals surface area contributed by atoms with Crippen molar-refractivity contribution in [2.75, 3.05) is 0 Å². The van der Waals surface area contributed by atoms with Gasteiger partial charge in [0.05, 0.1) is 0 Å². The van der Waals surface area contributed by atoms with Gasteiger partial charge in [0.2, 0.25) is 5.91 Å². The number of hydrogen-bond acceptors (Lipinski definition) is 4. The lowest BCUT2D eigenvalue weighted by Gasteiger charge is -2.13. The standard InChI is InChI=1S/C12H19NO4S/c1-4-5-6-10(14)13-9(12(16)17)7-11(15)18-8(2)3/h4,8-9H,1,5-7H2,2-3H3,(H,13,14)(H,16,17). The van der Waals surface area contributed by atoms with Crippen LogP contribution in [0, 0.1) is 0 Å². The zero-order valence-corrected chi connectivity index (χ0v) is 11.5. The summed E-state index contributed by atoms with van der Waals surface area (Å²) >= 11 is 1.08. The van der Waals surface area contributed by atoms with Crippen molar-refractivity contribution in [1.29, 1.82) is 0 Å². The third-order valence-corrected chi connectivity index (χ3v) is 2.85. The van der Waals surface area contributed by atoms with E-state index in [0.717, 1.165) is 11.8 Å². The van der Waals surface area contributed by atoms with Gasteiger partial charge in [-0.05, 0) is 6.42 Å². The Kier molecular flexibility index (Phi) is 8.11. The number of amides is 1. The molecule has 0 fully saturated rings. The number of carboxylic acid groups (broad SMARTS) is 1. The predicted octanol–water partition coefficient (Wildman–Crippen LogP) is 1.58. The van der Waals surface area contributed by atoms with Crippen LogP contribution in [-0.2, 0) is 14.4 Å². The predicted molar refractivity (Wildman–Crippen MR) is 71.3 cm³/mol. The number of nitrogens with one attached hydrogen (secondary N) is 1. The van der Waals surface area contributed by atoms with E-state index in [0.29, 0.717) is 6.42 Å². The van der Waals surface area contributed by atoms with E-state index in [2.05, 4.69) is 11.9 Å². The quantitative estimate of drug-likeness (QED) is 0.656. The summed E-state index contributed by atoms with van der Waals surface area (Å²) in [5, 5.41) is 11.1. The van der Waals surface area contributed by atoms with E-state index in [1.165, 1.54) is 0 Å². The Morgan fingerprint density at radius 1 is 1.39 bits per heavy atom. The number of rotatable bonds is 8. The molecule has 0 aliphatic heterocycles. The largest absolute Gasteiger partial charge is 0.480 e. The molecule has 1 unspecified atom stereocenters. The zero-order valence-electron chi connectivity index (χ0n) is 10.6. The second kappa shape index (κ2) is 8.74. The Hall–Kier alpha value is -1.30. The molecule has 6 heteroatoms. The van der Waals surface area contributed by atoms with Crippen molar-refractivity contribution < 1.29 is 19.5 Å². The first-order valence-electron chi connectivity index (χ1n) is 5.69. The zero-order chi connectivity index (χ0) is 14.1. The van der Waals surface area contributed by atoms with Gasteiger partial charge in [-0.25, -0.2) is 4.79 Å². The SMILES string of the molecule is C=CCCC(=O)NC(CC(=O)SC(C)C)C(=O)O. The number of hydrogen-bond donors (Lipinski definition) is 2. The molecule has 0 aromatic heterocycles. The minimum absolute atomic E-state index is 0.100. The van der Waals surface area contributed by atoms with E-state index in [1.54, 1.807) is 6.08 Å². The minimum Gasteiger partial charge on any atom is -0.480 e. The Bertz CT molecular complexity index is 328. The molecule has 0 aliphatic rings. The van der Waals surface area contributed by atoms with Gasteiger partial charge < -0.3 is 10.4 Å². The molecule has 0 spiro atoms. The van der Waals surface area contributed by atoms with Crippen LogP contribution in [0.25, 0.3) is 0 Å². The average molecular weight is 273 g/mol. The van der Waals surface area contributed by atoms with E-state index in [-0.39, 0.29) is 29.1 Å². The smallest absolute Gasteiger partial charge is 0.326 e. The number of carboxylic acids is 1. The summed E-state index contributed by atoms with van der Waals surface area (Å²) in [5.74, 6) is -1.58. The van der Waals surface area contributed by atoms with Gasteiger partial charge in [-0.3, -0.25) is 9.59 Å². The number of allylic oxidation sites excluding steroid dienone is 1. The van der Waals surface area contributed by atoms with Crippen LogP contribution in [-0.4, -0.2) is 33.4 Å². The third-order valence-electron chi connectivity index (χ3n) is 1.95. The highest BCUT2D eigenvalue weighted by Gasteiger charge is 2.23. The molecular weight excluding hydrogens is 254 g/mol. The van der Waals surface area contributed by atoms with E-state index < -0.39 is 12.0 Å². The Balaban J connectivity index is 4.31. The van der Waals surface area contributed by atoms with E-state index in [1.807, 2.05) is 13.8 Å². The number of carbonyl (C=O) groups excluding carboxylic acids is 2. The summed E-state index contributed by atoms with van der Waals surface area (Å²) in [5.41, 5.74) is 0. The van der Waals surface area contributed by atoms with Gasteiger partial charge in [0.1, 0.15) is 6.04 Å². The molecule has 0 aromatic carbocycles. The summed E-state index contributed by atoms with van der Waals surface area (Å²) < 4.78 is 0. The molecule has 0 aliphatic carbocycles. The topological polar surface area (TPSA) is 83.5 Å². The van der Waals surface area contributed by atoms with Gasteiger partial charge >= 0.3 is 5.97 Å².